The maximum atomic E-state index is 12.9. The van der Waals surface area contributed by atoms with E-state index in [1.165, 1.54) is 25.0 Å². The molecule has 0 bridgehead atoms. The molecule has 1 aliphatic heterocycles. The normalized spacial score (nSPS) is 26.9. The number of halogens is 1. The van der Waals surface area contributed by atoms with Crippen LogP contribution in [0, 0.1) is 5.82 Å². The van der Waals surface area contributed by atoms with Crippen LogP contribution in [-0.2, 0) is 0 Å². The molecule has 1 N–H and O–H groups in total. The largest absolute Gasteiger partial charge is 0.333 e. The van der Waals surface area contributed by atoms with Crippen molar-refractivity contribution in [1.29, 1.82) is 0 Å². The fourth-order valence-corrected chi connectivity index (χ4v) is 3.27. The van der Waals surface area contributed by atoms with Crippen LogP contribution in [0.1, 0.15) is 36.0 Å². The highest BCUT2D eigenvalue weighted by atomic mass is 19.1. The number of carbonyl (C=O) groups is 1. The van der Waals surface area contributed by atoms with Crippen molar-refractivity contribution in [3.05, 3.63) is 35.6 Å². The Kier molecular flexibility index (Phi) is 3.51. The molecule has 2 unspecified atom stereocenters. The first-order chi connectivity index (χ1) is 9.25. The number of rotatable bonds is 1. The first-order valence-electron chi connectivity index (χ1n) is 7.05. The van der Waals surface area contributed by atoms with Gasteiger partial charge in [-0.2, -0.15) is 0 Å². The number of carbonyl (C=O) groups excluding carboxylic acids is 1. The zero-order valence-corrected chi connectivity index (χ0v) is 10.9. The molecule has 0 aromatic heterocycles. The number of hydrogen-bond acceptors (Lipinski definition) is 2. The highest BCUT2D eigenvalue weighted by molar-refractivity contribution is 5.94. The third kappa shape index (κ3) is 2.50. The minimum atomic E-state index is -0.299. The molecule has 1 aliphatic carbocycles. The van der Waals surface area contributed by atoms with Gasteiger partial charge in [0.2, 0.25) is 0 Å². The predicted octanol–water partition coefficient (Wildman–Crippen LogP) is 2.18. The summed E-state index contributed by atoms with van der Waals surface area (Å²) in [6.07, 6.45) is 4.66. The van der Waals surface area contributed by atoms with Crippen molar-refractivity contribution >= 4 is 5.91 Å². The van der Waals surface area contributed by atoms with E-state index in [4.69, 9.17) is 0 Å². The van der Waals surface area contributed by atoms with E-state index in [9.17, 15) is 9.18 Å². The van der Waals surface area contributed by atoms with Gasteiger partial charge in [0.1, 0.15) is 5.82 Å². The second-order valence-corrected chi connectivity index (χ2v) is 5.42. The average Bonchev–Trinajstić information content (AvgIpc) is 2.47. The number of nitrogens with zero attached hydrogens (tertiary/aromatic N) is 1. The van der Waals surface area contributed by atoms with Gasteiger partial charge in [-0.1, -0.05) is 12.8 Å². The maximum Gasteiger partial charge on any atom is 0.254 e. The fourth-order valence-electron chi connectivity index (χ4n) is 3.27. The Hall–Kier alpha value is -1.42. The van der Waals surface area contributed by atoms with Gasteiger partial charge in [0.25, 0.3) is 5.91 Å². The van der Waals surface area contributed by atoms with Crippen LogP contribution in [0.15, 0.2) is 24.3 Å². The van der Waals surface area contributed by atoms with E-state index in [1.54, 1.807) is 12.1 Å². The Morgan fingerprint density at radius 3 is 2.74 bits per heavy atom. The van der Waals surface area contributed by atoms with Crippen LogP contribution in [0.3, 0.4) is 0 Å². The van der Waals surface area contributed by atoms with Gasteiger partial charge in [-0.3, -0.25) is 4.79 Å². The highest BCUT2D eigenvalue weighted by Crippen LogP contribution is 2.26. The van der Waals surface area contributed by atoms with E-state index in [0.29, 0.717) is 17.6 Å². The number of benzene rings is 1. The van der Waals surface area contributed by atoms with Gasteiger partial charge in [-0.15, -0.1) is 0 Å². The summed E-state index contributed by atoms with van der Waals surface area (Å²) in [5.74, 6) is -0.259. The molecule has 1 saturated heterocycles. The lowest BCUT2D eigenvalue weighted by molar-refractivity contribution is 0.0489. The predicted molar refractivity (Wildman–Crippen MR) is 71.5 cm³/mol. The number of nitrogens with one attached hydrogen (secondary N) is 1. The van der Waals surface area contributed by atoms with Crippen LogP contribution < -0.4 is 5.32 Å². The summed E-state index contributed by atoms with van der Waals surface area (Å²) in [6.45, 7) is 1.60. The molecular formula is C15H19FN2O. The molecule has 2 fully saturated rings. The van der Waals surface area contributed by atoms with Crippen LogP contribution >= 0.6 is 0 Å². The van der Waals surface area contributed by atoms with E-state index in [1.807, 2.05) is 4.90 Å². The van der Waals surface area contributed by atoms with Crippen molar-refractivity contribution in [2.45, 2.75) is 37.8 Å². The fraction of sp³-hybridized carbons (Fsp3) is 0.533. The molecule has 2 atom stereocenters. The van der Waals surface area contributed by atoms with Gasteiger partial charge in [0, 0.05) is 30.7 Å². The van der Waals surface area contributed by atoms with Crippen molar-refractivity contribution in [3.63, 3.8) is 0 Å². The molecule has 1 heterocycles. The lowest BCUT2D eigenvalue weighted by Crippen LogP contribution is -2.60. The molecule has 0 spiro atoms. The van der Waals surface area contributed by atoms with E-state index in [-0.39, 0.29) is 11.7 Å². The molecule has 2 aliphatic rings. The standard InChI is InChI=1S/C15H19FN2O/c16-12-7-5-11(6-8-12)15(19)18-10-9-17-13-3-1-2-4-14(13)18/h5-8,13-14,17H,1-4,9-10H2. The number of amides is 1. The van der Waals surface area contributed by atoms with Crippen molar-refractivity contribution < 1.29 is 9.18 Å². The molecule has 1 aromatic rings. The smallest absolute Gasteiger partial charge is 0.254 e. The van der Waals surface area contributed by atoms with Gasteiger partial charge < -0.3 is 10.2 Å². The monoisotopic (exact) mass is 262 g/mol. The van der Waals surface area contributed by atoms with E-state index < -0.39 is 0 Å². The van der Waals surface area contributed by atoms with E-state index >= 15 is 0 Å². The zero-order chi connectivity index (χ0) is 13.2. The average molecular weight is 262 g/mol. The lowest BCUT2D eigenvalue weighted by Gasteiger charge is -2.44. The summed E-state index contributed by atoms with van der Waals surface area (Å²) in [5.41, 5.74) is 0.590. The van der Waals surface area contributed by atoms with Gasteiger partial charge >= 0.3 is 0 Å². The van der Waals surface area contributed by atoms with E-state index in [2.05, 4.69) is 5.32 Å². The van der Waals surface area contributed by atoms with Crippen LogP contribution in [-0.4, -0.2) is 36.0 Å². The van der Waals surface area contributed by atoms with Crippen molar-refractivity contribution in [1.82, 2.24) is 10.2 Å². The summed E-state index contributed by atoms with van der Waals surface area (Å²) in [7, 11) is 0. The first-order valence-corrected chi connectivity index (χ1v) is 7.05. The van der Waals surface area contributed by atoms with Crippen LogP contribution in [0.5, 0.6) is 0 Å². The molecule has 3 rings (SSSR count). The summed E-state index contributed by atoms with van der Waals surface area (Å²) >= 11 is 0. The van der Waals surface area contributed by atoms with Crippen LogP contribution in [0.4, 0.5) is 4.39 Å². The second-order valence-electron chi connectivity index (χ2n) is 5.42. The molecular weight excluding hydrogens is 243 g/mol. The Balaban J connectivity index is 1.79. The molecule has 19 heavy (non-hydrogen) atoms. The van der Waals surface area contributed by atoms with Crippen molar-refractivity contribution in [2.24, 2.45) is 0 Å². The topological polar surface area (TPSA) is 32.3 Å². The molecule has 4 heteroatoms. The first kappa shape index (κ1) is 12.6. The molecule has 0 radical (unpaired) electrons. The van der Waals surface area contributed by atoms with Crippen molar-refractivity contribution in [3.8, 4) is 0 Å². The maximum absolute atomic E-state index is 12.9. The molecule has 1 amide bonds. The van der Waals surface area contributed by atoms with Gasteiger partial charge in [0.15, 0.2) is 0 Å². The second kappa shape index (κ2) is 5.29. The minimum absolute atomic E-state index is 0.0402. The van der Waals surface area contributed by atoms with Gasteiger partial charge in [-0.25, -0.2) is 4.39 Å². The van der Waals surface area contributed by atoms with Gasteiger partial charge in [0.05, 0.1) is 0 Å². The Bertz CT molecular complexity index is 458. The Morgan fingerprint density at radius 1 is 1.21 bits per heavy atom. The van der Waals surface area contributed by atoms with Gasteiger partial charge in [-0.05, 0) is 37.1 Å². The third-order valence-electron chi connectivity index (χ3n) is 4.24. The molecule has 3 nitrogen and oxygen atoms in total. The van der Waals surface area contributed by atoms with Crippen LogP contribution in [0.2, 0.25) is 0 Å². The number of hydrogen-bond donors (Lipinski definition) is 1. The summed E-state index contributed by atoms with van der Waals surface area (Å²) in [4.78, 5) is 14.5. The highest BCUT2D eigenvalue weighted by Gasteiger charge is 2.35. The summed E-state index contributed by atoms with van der Waals surface area (Å²) in [5, 5.41) is 3.51. The van der Waals surface area contributed by atoms with Crippen molar-refractivity contribution in [2.75, 3.05) is 13.1 Å². The van der Waals surface area contributed by atoms with E-state index in [0.717, 1.165) is 25.9 Å². The zero-order valence-electron chi connectivity index (χ0n) is 10.9. The quantitative estimate of drug-likeness (QED) is 0.841. The molecule has 1 saturated carbocycles. The Labute approximate surface area is 112 Å². The van der Waals surface area contributed by atoms with Crippen LogP contribution in [0.25, 0.3) is 0 Å². The molecule has 1 aromatic carbocycles. The third-order valence-corrected chi connectivity index (χ3v) is 4.24. The number of piperazine rings is 1. The number of fused-ring (bicyclic) bond motifs is 1. The SMILES string of the molecule is O=C(c1ccc(F)cc1)N1CCNC2CCCCC21. The summed E-state index contributed by atoms with van der Waals surface area (Å²) < 4.78 is 12.9. The molecule has 102 valence electrons. The summed E-state index contributed by atoms with van der Waals surface area (Å²) in [6, 6.07) is 6.61. The minimum Gasteiger partial charge on any atom is -0.333 e. The Morgan fingerprint density at radius 2 is 1.95 bits per heavy atom. The lowest BCUT2D eigenvalue weighted by atomic mass is 9.87.